The fraction of sp³-hybridized carbons (Fsp3) is 0.176. The van der Waals surface area contributed by atoms with E-state index in [4.69, 9.17) is 0 Å². The number of rotatable bonds is 2. The van der Waals surface area contributed by atoms with Crippen molar-refractivity contribution in [2.75, 3.05) is 14.1 Å². The van der Waals surface area contributed by atoms with Gasteiger partial charge < -0.3 is 0 Å². The number of hydrogen-bond donors (Lipinski definition) is 0. The van der Waals surface area contributed by atoms with Gasteiger partial charge in [-0.2, -0.15) is 5.01 Å². The first-order valence-corrected chi connectivity index (χ1v) is 10.0. The summed E-state index contributed by atoms with van der Waals surface area (Å²) >= 11 is 3.34. The number of nitrogens with zero attached hydrogens (tertiary/aromatic N) is 4. The van der Waals surface area contributed by atoms with E-state index < -0.39 is 16.3 Å². The van der Waals surface area contributed by atoms with Crippen LogP contribution in [-0.2, 0) is 10.0 Å². The first kappa shape index (κ1) is 17.2. The highest BCUT2D eigenvalue weighted by Gasteiger charge is 2.52. The molecule has 4 rings (SSSR count). The lowest BCUT2D eigenvalue weighted by Crippen LogP contribution is -2.53. The van der Waals surface area contributed by atoms with Gasteiger partial charge in [-0.25, -0.2) is 12.7 Å². The number of carbonyl (C=O) groups is 1. The molecule has 1 amide bonds. The molecule has 2 heterocycles. The van der Waals surface area contributed by atoms with Gasteiger partial charge in [-0.05, 0) is 50.5 Å². The summed E-state index contributed by atoms with van der Waals surface area (Å²) in [5, 5.41) is 5.60. The average molecular weight is 435 g/mol. The van der Waals surface area contributed by atoms with Gasteiger partial charge in [0.1, 0.15) is 0 Å². The van der Waals surface area contributed by atoms with Gasteiger partial charge in [-0.3, -0.25) is 9.69 Å². The van der Waals surface area contributed by atoms with Gasteiger partial charge in [-0.1, -0.05) is 28.1 Å². The van der Waals surface area contributed by atoms with Crippen molar-refractivity contribution >= 4 is 37.7 Å². The van der Waals surface area contributed by atoms with E-state index >= 15 is 0 Å². The molecule has 0 spiro atoms. The zero-order chi connectivity index (χ0) is 18.6. The second kappa shape index (κ2) is 5.90. The van der Waals surface area contributed by atoms with Gasteiger partial charge in [0.05, 0.1) is 4.90 Å². The highest BCUT2D eigenvalue weighted by Crippen LogP contribution is 2.38. The summed E-state index contributed by atoms with van der Waals surface area (Å²) in [6.45, 7) is 0. The van der Waals surface area contributed by atoms with Gasteiger partial charge in [-0.15, -0.1) is 5.10 Å². The maximum absolute atomic E-state index is 13.0. The Morgan fingerprint density at radius 3 is 2.42 bits per heavy atom. The van der Waals surface area contributed by atoms with Crippen LogP contribution in [0.4, 0.5) is 0 Å². The molecule has 0 radical (unpaired) electrons. The minimum atomic E-state index is -3.77. The standard InChI is InChI=1S/C17H15BrN4O3S/c1-20(2)17-21(16(23)11-7-9-12(18)10-8-11)19-15-13-5-3-4-6-14(13)26(24,25)22(15)17/h3-10,17H,1-2H3/t17-/m0/s1. The van der Waals surface area contributed by atoms with Crippen LogP contribution in [-0.4, -0.2) is 54.8 Å². The lowest BCUT2D eigenvalue weighted by Gasteiger charge is -2.32. The Kier molecular flexibility index (Phi) is 3.90. The molecule has 0 saturated heterocycles. The maximum Gasteiger partial charge on any atom is 0.277 e. The third-order valence-electron chi connectivity index (χ3n) is 4.27. The van der Waals surface area contributed by atoms with Crippen molar-refractivity contribution in [3.63, 3.8) is 0 Å². The molecule has 0 saturated carbocycles. The third-order valence-corrected chi connectivity index (χ3v) is 6.59. The third kappa shape index (κ3) is 2.38. The number of benzene rings is 2. The van der Waals surface area contributed by atoms with Crippen molar-refractivity contribution < 1.29 is 13.2 Å². The number of halogens is 1. The second-order valence-corrected chi connectivity index (χ2v) is 8.89. The number of carbonyl (C=O) groups excluding carboxylic acids is 1. The molecule has 0 fully saturated rings. The molecule has 2 aliphatic heterocycles. The Labute approximate surface area is 159 Å². The van der Waals surface area contributed by atoms with Crippen LogP contribution in [0.1, 0.15) is 15.9 Å². The fourth-order valence-corrected chi connectivity index (χ4v) is 5.16. The van der Waals surface area contributed by atoms with Crippen molar-refractivity contribution in [3.05, 3.63) is 64.1 Å². The van der Waals surface area contributed by atoms with E-state index in [1.165, 1.54) is 9.31 Å². The zero-order valence-corrected chi connectivity index (χ0v) is 16.4. The molecule has 1 atom stereocenters. The summed E-state index contributed by atoms with van der Waals surface area (Å²) in [6, 6.07) is 13.5. The lowest BCUT2D eigenvalue weighted by molar-refractivity contribution is 0.0341. The van der Waals surface area contributed by atoms with Gasteiger partial charge in [0.2, 0.25) is 0 Å². The molecule has 9 heteroatoms. The predicted octanol–water partition coefficient (Wildman–Crippen LogP) is 2.12. The first-order chi connectivity index (χ1) is 12.3. The quantitative estimate of drug-likeness (QED) is 0.725. The van der Waals surface area contributed by atoms with Crippen molar-refractivity contribution in [1.82, 2.24) is 14.2 Å². The molecule has 2 aromatic rings. The minimum Gasteiger partial charge on any atom is -0.270 e. The molecular weight excluding hydrogens is 420 g/mol. The van der Waals surface area contributed by atoms with Crippen molar-refractivity contribution in [2.24, 2.45) is 5.10 Å². The van der Waals surface area contributed by atoms with Crippen LogP contribution in [0.5, 0.6) is 0 Å². The van der Waals surface area contributed by atoms with E-state index in [1.54, 1.807) is 67.5 Å². The highest BCUT2D eigenvalue weighted by atomic mass is 79.9. The van der Waals surface area contributed by atoms with E-state index in [0.717, 1.165) is 4.47 Å². The molecule has 134 valence electrons. The van der Waals surface area contributed by atoms with Crippen molar-refractivity contribution in [2.45, 2.75) is 11.2 Å². The molecule has 0 bridgehead atoms. The largest absolute Gasteiger partial charge is 0.277 e. The Morgan fingerprint density at radius 2 is 1.77 bits per heavy atom. The molecule has 0 aromatic heterocycles. The van der Waals surface area contributed by atoms with Gasteiger partial charge in [0.25, 0.3) is 15.9 Å². The summed E-state index contributed by atoms with van der Waals surface area (Å²) in [5.41, 5.74) is 0.932. The van der Waals surface area contributed by atoms with Crippen LogP contribution in [0.25, 0.3) is 0 Å². The summed E-state index contributed by atoms with van der Waals surface area (Å²) < 4.78 is 28.1. The van der Waals surface area contributed by atoms with Crippen LogP contribution in [0.3, 0.4) is 0 Å². The SMILES string of the molecule is CN(C)[C@H]1N(C(=O)c2ccc(Br)cc2)N=C2c3ccccc3S(=O)(=O)N21. The predicted molar refractivity (Wildman–Crippen MR) is 99.8 cm³/mol. The molecule has 7 nitrogen and oxygen atoms in total. The topological polar surface area (TPSA) is 73.3 Å². The molecular formula is C17H15BrN4O3S. The van der Waals surface area contributed by atoms with Crippen molar-refractivity contribution in [1.29, 1.82) is 0 Å². The second-order valence-electron chi connectivity index (χ2n) is 6.19. The molecule has 0 aliphatic carbocycles. The Morgan fingerprint density at radius 1 is 1.12 bits per heavy atom. The fourth-order valence-electron chi connectivity index (χ4n) is 3.10. The Balaban J connectivity index is 1.84. The summed E-state index contributed by atoms with van der Waals surface area (Å²) in [6.07, 6.45) is -0.862. The van der Waals surface area contributed by atoms with E-state index in [1.807, 2.05) is 0 Å². The number of hydrazone groups is 1. The van der Waals surface area contributed by atoms with Gasteiger partial charge in [0.15, 0.2) is 12.1 Å². The van der Waals surface area contributed by atoms with Crippen LogP contribution in [0.2, 0.25) is 0 Å². The summed E-state index contributed by atoms with van der Waals surface area (Å²) in [5.74, 6) is -0.101. The maximum atomic E-state index is 13.0. The van der Waals surface area contributed by atoms with Gasteiger partial charge >= 0.3 is 0 Å². The van der Waals surface area contributed by atoms with Crippen LogP contribution < -0.4 is 0 Å². The minimum absolute atomic E-state index is 0.210. The van der Waals surface area contributed by atoms with Crippen LogP contribution >= 0.6 is 15.9 Å². The number of fused-ring (bicyclic) bond motifs is 3. The van der Waals surface area contributed by atoms with Gasteiger partial charge in [0, 0.05) is 15.6 Å². The number of hydrogen-bond acceptors (Lipinski definition) is 5. The van der Waals surface area contributed by atoms with Crippen LogP contribution in [0, 0.1) is 0 Å². The first-order valence-electron chi connectivity index (χ1n) is 7.80. The van der Waals surface area contributed by atoms with E-state index in [2.05, 4.69) is 21.0 Å². The molecule has 26 heavy (non-hydrogen) atoms. The summed E-state index contributed by atoms with van der Waals surface area (Å²) in [7, 11) is -0.350. The van der Waals surface area contributed by atoms with E-state index in [-0.39, 0.29) is 16.6 Å². The molecule has 0 unspecified atom stereocenters. The Bertz CT molecular complexity index is 1030. The number of amidine groups is 1. The lowest BCUT2D eigenvalue weighted by atomic mass is 10.2. The van der Waals surface area contributed by atoms with Crippen molar-refractivity contribution in [3.8, 4) is 0 Å². The normalized spacial score (nSPS) is 20.2. The molecule has 2 aromatic carbocycles. The summed E-state index contributed by atoms with van der Waals surface area (Å²) in [4.78, 5) is 14.8. The Hall–Kier alpha value is -2.23. The van der Waals surface area contributed by atoms with E-state index in [9.17, 15) is 13.2 Å². The smallest absolute Gasteiger partial charge is 0.270 e. The highest BCUT2D eigenvalue weighted by molar-refractivity contribution is 9.10. The average Bonchev–Trinajstić information content (AvgIpc) is 3.11. The van der Waals surface area contributed by atoms with Crippen LogP contribution in [0.15, 0.2) is 63.0 Å². The number of amides is 1. The monoisotopic (exact) mass is 434 g/mol. The van der Waals surface area contributed by atoms with E-state index in [0.29, 0.717) is 11.1 Å². The molecule has 0 N–H and O–H groups in total. The molecule has 2 aliphatic rings. The number of sulfonamides is 1. The zero-order valence-electron chi connectivity index (χ0n) is 14.0.